The van der Waals surface area contributed by atoms with E-state index in [-0.39, 0.29) is 0 Å². The van der Waals surface area contributed by atoms with Crippen LogP contribution in [0.15, 0.2) is 27.6 Å². The Morgan fingerprint density at radius 2 is 1.86 bits per heavy atom. The van der Waals surface area contributed by atoms with Gasteiger partial charge in [0.25, 0.3) is 0 Å². The van der Waals surface area contributed by atoms with Gasteiger partial charge in [-0.2, -0.15) is 4.31 Å². The summed E-state index contributed by atoms with van der Waals surface area (Å²) in [5.41, 5.74) is 3.88. The highest BCUT2D eigenvalue weighted by molar-refractivity contribution is 7.89. The van der Waals surface area contributed by atoms with Gasteiger partial charge in [-0.05, 0) is 50.3 Å². The summed E-state index contributed by atoms with van der Waals surface area (Å²) >= 11 is 0. The Morgan fingerprint density at radius 1 is 1.10 bits per heavy atom. The highest BCUT2D eigenvalue weighted by Crippen LogP contribution is 2.31. The van der Waals surface area contributed by atoms with Gasteiger partial charge in [0.2, 0.25) is 10.0 Å². The smallest absolute Gasteiger partial charge is 0.243 e. The maximum absolute atomic E-state index is 13.1. The van der Waals surface area contributed by atoms with Crippen molar-refractivity contribution < 1.29 is 12.9 Å². The fourth-order valence-corrected chi connectivity index (χ4v) is 5.77. The zero-order chi connectivity index (χ0) is 20.4. The SMILES string of the molecule is CN(C)c1ccc(S(=O)(=O)N2CCCCC2)cc1NCc1noc2c1CCCC2. The molecular formula is C21H30N4O3S. The first kappa shape index (κ1) is 20.2. The Kier molecular flexibility index (Phi) is 5.83. The number of hydrogen-bond donors (Lipinski definition) is 1. The van der Waals surface area contributed by atoms with E-state index in [0.29, 0.717) is 24.5 Å². The number of benzene rings is 1. The molecule has 0 spiro atoms. The number of piperidine rings is 1. The van der Waals surface area contributed by atoms with Crippen molar-refractivity contribution in [3.8, 4) is 0 Å². The lowest BCUT2D eigenvalue weighted by Gasteiger charge is -2.27. The quantitative estimate of drug-likeness (QED) is 0.775. The summed E-state index contributed by atoms with van der Waals surface area (Å²) in [5, 5.41) is 7.67. The predicted octanol–water partition coefficient (Wildman–Crippen LogP) is 3.41. The van der Waals surface area contributed by atoms with Crippen LogP contribution in [0.4, 0.5) is 11.4 Å². The van der Waals surface area contributed by atoms with Gasteiger partial charge in [-0.15, -0.1) is 0 Å². The van der Waals surface area contributed by atoms with Gasteiger partial charge in [0.15, 0.2) is 0 Å². The molecule has 0 amide bonds. The lowest BCUT2D eigenvalue weighted by molar-refractivity contribution is 0.346. The first-order chi connectivity index (χ1) is 14.0. The van der Waals surface area contributed by atoms with Gasteiger partial charge in [-0.25, -0.2) is 8.42 Å². The third-order valence-corrected chi connectivity index (χ3v) is 7.78. The second kappa shape index (κ2) is 8.36. The minimum atomic E-state index is -3.47. The average Bonchev–Trinajstić information content (AvgIpc) is 3.15. The molecule has 4 rings (SSSR count). The lowest BCUT2D eigenvalue weighted by atomic mass is 9.96. The van der Waals surface area contributed by atoms with Crippen LogP contribution in [0, 0.1) is 0 Å². The van der Waals surface area contributed by atoms with Crippen LogP contribution in [0.3, 0.4) is 0 Å². The molecule has 1 N–H and O–H groups in total. The van der Waals surface area contributed by atoms with Crippen LogP contribution < -0.4 is 10.2 Å². The molecule has 0 atom stereocenters. The van der Waals surface area contributed by atoms with Crippen LogP contribution in [-0.4, -0.2) is 45.1 Å². The van der Waals surface area contributed by atoms with E-state index in [1.807, 2.05) is 25.1 Å². The third-order valence-electron chi connectivity index (χ3n) is 5.88. The van der Waals surface area contributed by atoms with Gasteiger partial charge in [-0.1, -0.05) is 11.6 Å². The second-order valence-electron chi connectivity index (χ2n) is 8.13. The molecular weight excluding hydrogens is 388 g/mol. The summed E-state index contributed by atoms with van der Waals surface area (Å²) in [6.07, 6.45) is 7.22. The fraction of sp³-hybridized carbons (Fsp3) is 0.571. The minimum absolute atomic E-state index is 0.342. The molecule has 2 aliphatic rings. The molecule has 0 bridgehead atoms. The van der Waals surface area contributed by atoms with E-state index in [4.69, 9.17) is 4.52 Å². The van der Waals surface area contributed by atoms with Crippen LogP contribution >= 0.6 is 0 Å². The highest BCUT2D eigenvalue weighted by atomic mass is 32.2. The van der Waals surface area contributed by atoms with E-state index < -0.39 is 10.0 Å². The van der Waals surface area contributed by atoms with Gasteiger partial charge >= 0.3 is 0 Å². The van der Waals surface area contributed by atoms with Gasteiger partial charge < -0.3 is 14.7 Å². The number of rotatable bonds is 6. The van der Waals surface area contributed by atoms with Gasteiger partial charge in [0.1, 0.15) is 11.5 Å². The number of hydrogen-bond acceptors (Lipinski definition) is 6. The highest BCUT2D eigenvalue weighted by Gasteiger charge is 2.27. The Bertz CT molecular complexity index is 962. The first-order valence-electron chi connectivity index (χ1n) is 10.5. The van der Waals surface area contributed by atoms with E-state index in [9.17, 15) is 8.42 Å². The monoisotopic (exact) mass is 418 g/mol. The standard InChI is InChI=1S/C21H30N4O3S/c1-24(2)20-11-10-16(29(26,27)25-12-6-3-7-13-25)14-18(20)22-15-19-17-8-4-5-9-21(17)28-23-19/h10-11,14,22H,3-9,12-13,15H2,1-2H3. The molecule has 1 saturated heterocycles. The molecule has 1 aromatic heterocycles. The molecule has 1 fully saturated rings. The number of anilines is 2. The molecule has 1 aliphatic heterocycles. The molecule has 0 unspecified atom stereocenters. The number of aryl methyl sites for hydroxylation is 1. The third kappa shape index (κ3) is 4.14. The van der Waals surface area contributed by atoms with Crippen LogP contribution in [-0.2, 0) is 29.4 Å². The normalized spacial score (nSPS) is 17.7. The summed E-state index contributed by atoms with van der Waals surface area (Å²) in [6.45, 7) is 1.73. The molecule has 0 radical (unpaired) electrons. The van der Waals surface area contributed by atoms with E-state index >= 15 is 0 Å². The minimum Gasteiger partial charge on any atom is -0.378 e. The molecule has 29 heavy (non-hydrogen) atoms. The molecule has 158 valence electrons. The Labute approximate surface area is 173 Å². The molecule has 7 nitrogen and oxygen atoms in total. The second-order valence-corrected chi connectivity index (χ2v) is 10.1. The summed E-state index contributed by atoms with van der Waals surface area (Å²) in [4.78, 5) is 2.33. The summed E-state index contributed by atoms with van der Waals surface area (Å²) in [7, 11) is 0.438. The van der Waals surface area contributed by atoms with Crippen molar-refractivity contribution in [2.24, 2.45) is 0 Å². The number of aromatic nitrogens is 1. The van der Waals surface area contributed by atoms with Crippen molar-refractivity contribution in [1.82, 2.24) is 9.46 Å². The van der Waals surface area contributed by atoms with Gasteiger partial charge in [0, 0.05) is 39.2 Å². The Hall–Kier alpha value is -2.06. The van der Waals surface area contributed by atoms with Crippen LogP contribution in [0.1, 0.15) is 49.1 Å². The van der Waals surface area contributed by atoms with Gasteiger partial charge in [-0.3, -0.25) is 0 Å². The Morgan fingerprint density at radius 3 is 2.62 bits per heavy atom. The van der Waals surface area contributed by atoms with Crippen molar-refractivity contribution in [2.45, 2.75) is 56.4 Å². The van der Waals surface area contributed by atoms with Crippen molar-refractivity contribution >= 4 is 21.4 Å². The van der Waals surface area contributed by atoms with Gasteiger partial charge in [0.05, 0.1) is 22.8 Å². The number of fused-ring (bicyclic) bond motifs is 1. The maximum Gasteiger partial charge on any atom is 0.243 e. The predicted molar refractivity (Wildman–Crippen MR) is 114 cm³/mol. The van der Waals surface area contributed by atoms with Crippen molar-refractivity contribution in [3.63, 3.8) is 0 Å². The molecule has 2 heterocycles. The van der Waals surface area contributed by atoms with E-state index in [1.54, 1.807) is 16.4 Å². The first-order valence-corrected chi connectivity index (χ1v) is 11.9. The number of nitrogens with one attached hydrogen (secondary N) is 1. The number of sulfonamides is 1. The summed E-state index contributed by atoms with van der Waals surface area (Å²) in [5.74, 6) is 1.00. The largest absolute Gasteiger partial charge is 0.378 e. The summed E-state index contributed by atoms with van der Waals surface area (Å²) < 4.78 is 33.3. The van der Waals surface area contributed by atoms with Crippen LogP contribution in [0.25, 0.3) is 0 Å². The van der Waals surface area contributed by atoms with Crippen molar-refractivity contribution in [2.75, 3.05) is 37.4 Å². The Balaban J connectivity index is 1.59. The molecule has 8 heteroatoms. The average molecular weight is 419 g/mol. The summed E-state index contributed by atoms with van der Waals surface area (Å²) in [6, 6.07) is 5.34. The van der Waals surface area contributed by atoms with E-state index in [1.165, 1.54) is 5.56 Å². The zero-order valence-corrected chi connectivity index (χ0v) is 18.1. The van der Waals surface area contributed by atoms with E-state index in [0.717, 1.165) is 67.8 Å². The maximum atomic E-state index is 13.1. The van der Waals surface area contributed by atoms with Crippen LogP contribution in [0.5, 0.6) is 0 Å². The lowest BCUT2D eigenvalue weighted by Crippen LogP contribution is -2.35. The topological polar surface area (TPSA) is 78.7 Å². The van der Waals surface area contributed by atoms with Crippen molar-refractivity contribution in [1.29, 1.82) is 0 Å². The molecule has 1 aliphatic carbocycles. The van der Waals surface area contributed by atoms with Crippen LogP contribution in [0.2, 0.25) is 0 Å². The molecule has 1 aromatic carbocycles. The molecule has 2 aromatic rings. The fourth-order valence-electron chi connectivity index (χ4n) is 4.23. The zero-order valence-electron chi connectivity index (χ0n) is 17.3. The molecule has 0 saturated carbocycles. The van der Waals surface area contributed by atoms with E-state index in [2.05, 4.69) is 10.5 Å². The van der Waals surface area contributed by atoms with Crippen molar-refractivity contribution in [3.05, 3.63) is 35.2 Å². The number of nitrogens with zero attached hydrogens (tertiary/aromatic N) is 3.